The number of rotatable bonds is 9. The third-order valence-corrected chi connectivity index (χ3v) is 6.13. The SMILES string of the molecule is CCOC(=O)C(/C(C)=N/NC(N)=O)N(/N=C(\C)c1ccccc1)S(=O)(=O)c1ccc(C)cc1. The minimum Gasteiger partial charge on any atom is -0.464 e. The third kappa shape index (κ3) is 6.62. The molecule has 2 rings (SSSR count). The van der Waals surface area contributed by atoms with Gasteiger partial charge in [-0.2, -0.15) is 23.0 Å². The molecule has 33 heavy (non-hydrogen) atoms. The number of benzene rings is 2. The largest absolute Gasteiger partial charge is 0.464 e. The number of carbonyl (C=O) groups excluding carboxylic acids is 2. The van der Waals surface area contributed by atoms with Crippen molar-refractivity contribution in [2.45, 2.75) is 38.6 Å². The summed E-state index contributed by atoms with van der Waals surface area (Å²) in [6.45, 7) is 6.37. The number of hydrazone groups is 2. The predicted octanol–water partition coefficient (Wildman–Crippen LogP) is 2.39. The van der Waals surface area contributed by atoms with E-state index in [1.165, 1.54) is 19.1 Å². The molecule has 0 spiro atoms. The maximum absolute atomic E-state index is 13.6. The number of hydrogen-bond donors (Lipinski definition) is 2. The molecule has 1 atom stereocenters. The Kier molecular flexibility index (Phi) is 8.69. The van der Waals surface area contributed by atoms with Crippen molar-refractivity contribution in [1.29, 1.82) is 0 Å². The summed E-state index contributed by atoms with van der Waals surface area (Å²) in [4.78, 5) is 24.0. The van der Waals surface area contributed by atoms with Crippen molar-refractivity contribution in [3.8, 4) is 0 Å². The topological polar surface area (TPSA) is 144 Å². The van der Waals surface area contributed by atoms with Crippen molar-refractivity contribution < 1.29 is 22.7 Å². The Morgan fingerprint density at radius 3 is 2.24 bits per heavy atom. The molecule has 0 radical (unpaired) electrons. The highest BCUT2D eigenvalue weighted by atomic mass is 32.2. The van der Waals surface area contributed by atoms with Gasteiger partial charge in [-0.15, -0.1) is 0 Å². The Morgan fingerprint density at radius 1 is 1.09 bits per heavy atom. The maximum Gasteiger partial charge on any atom is 0.337 e. The quantitative estimate of drug-likeness (QED) is 0.326. The van der Waals surface area contributed by atoms with Crippen LogP contribution in [0.4, 0.5) is 4.79 Å². The number of amides is 2. The zero-order chi connectivity index (χ0) is 24.6. The summed E-state index contributed by atoms with van der Waals surface area (Å²) in [6, 6.07) is 12.4. The Labute approximate surface area is 193 Å². The standard InChI is InChI=1S/C22H27N5O5S/c1-5-32-21(28)20(17(4)24-25-22(23)29)27(26-16(3)18-9-7-6-8-10-18)33(30,31)19-13-11-15(2)12-14-19/h6-14,20H,5H2,1-4H3,(H3,23,25,29)/b24-17+,26-16+. The first-order valence-electron chi connectivity index (χ1n) is 10.1. The van der Waals surface area contributed by atoms with Gasteiger partial charge in [0, 0.05) is 0 Å². The number of aryl methyl sites for hydroxylation is 1. The summed E-state index contributed by atoms with van der Waals surface area (Å²) in [5.41, 5.74) is 8.82. The van der Waals surface area contributed by atoms with Crippen LogP contribution in [0.3, 0.4) is 0 Å². The van der Waals surface area contributed by atoms with E-state index in [2.05, 4.69) is 10.2 Å². The summed E-state index contributed by atoms with van der Waals surface area (Å²) in [6.07, 6.45) is 0. The van der Waals surface area contributed by atoms with Crippen LogP contribution in [0, 0.1) is 6.92 Å². The number of urea groups is 1. The van der Waals surface area contributed by atoms with Crippen LogP contribution >= 0.6 is 0 Å². The number of nitrogens with two attached hydrogens (primary N) is 1. The first kappa shape index (κ1) is 25.5. The van der Waals surface area contributed by atoms with Crippen molar-refractivity contribution in [3.05, 3.63) is 65.7 Å². The van der Waals surface area contributed by atoms with E-state index in [0.717, 1.165) is 5.56 Å². The number of primary amides is 1. The second-order valence-electron chi connectivity index (χ2n) is 7.03. The number of nitrogens with zero attached hydrogens (tertiary/aromatic N) is 3. The highest BCUT2D eigenvalue weighted by Gasteiger charge is 2.39. The van der Waals surface area contributed by atoms with Crippen LogP contribution in [-0.4, -0.2) is 48.9 Å². The Balaban J connectivity index is 2.73. The van der Waals surface area contributed by atoms with E-state index in [4.69, 9.17) is 10.5 Å². The van der Waals surface area contributed by atoms with Crippen LogP contribution in [0.1, 0.15) is 31.9 Å². The molecule has 0 aromatic heterocycles. The van der Waals surface area contributed by atoms with Crippen LogP contribution in [-0.2, 0) is 19.6 Å². The van der Waals surface area contributed by atoms with E-state index < -0.39 is 28.1 Å². The molecule has 0 heterocycles. The second-order valence-corrected chi connectivity index (χ2v) is 8.82. The number of carbonyl (C=O) groups is 2. The molecule has 0 aliphatic heterocycles. The van der Waals surface area contributed by atoms with Gasteiger partial charge in [0.2, 0.25) is 6.04 Å². The first-order valence-corrected chi connectivity index (χ1v) is 11.5. The lowest BCUT2D eigenvalue weighted by Gasteiger charge is -2.27. The highest BCUT2D eigenvalue weighted by molar-refractivity contribution is 7.89. The average molecular weight is 474 g/mol. The zero-order valence-electron chi connectivity index (χ0n) is 18.8. The van der Waals surface area contributed by atoms with Crippen molar-refractivity contribution in [2.75, 3.05) is 6.61 Å². The summed E-state index contributed by atoms with van der Waals surface area (Å²) in [7, 11) is -4.35. The van der Waals surface area contributed by atoms with Gasteiger partial charge in [0.05, 0.1) is 22.9 Å². The molecule has 0 bridgehead atoms. The highest BCUT2D eigenvalue weighted by Crippen LogP contribution is 2.22. The van der Waals surface area contributed by atoms with E-state index in [-0.39, 0.29) is 17.2 Å². The maximum atomic E-state index is 13.6. The molecule has 2 amide bonds. The molecular formula is C22H27N5O5S. The number of hydrogen-bond acceptors (Lipinski definition) is 7. The predicted molar refractivity (Wildman–Crippen MR) is 125 cm³/mol. The molecule has 0 fully saturated rings. The molecule has 0 saturated heterocycles. The van der Waals surface area contributed by atoms with Crippen LogP contribution in [0.25, 0.3) is 0 Å². The third-order valence-electron chi connectivity index (χ3n) is 4.47. The summed E-state index contributed by atoms with van der Waals surface area (Å²) >= 11 is 0. The molecule has 1 unspecified atom stereocenters. The van der Waals surface area contributed by atoms with Gasteiger partial charge in [-0.1, -0.05) is 48.0 Å². The second kappa shape index (κ2) is 11.2. The number of sulfonamides is 1. The molecule has 11 heteroatoms. The number of esters is 1. The van der Waals surface area contributed by atoms with Crippen LogP contribution in [0.5, 0.6) is 0 Å². The minimum atomic E-state index is -4.35. The van der Waals surface area contributed by atoms with Gasteiger partial charge in [0.15, 0.2) is 0 Å². The molecular weight excluding hydrogens is 446 g/mol. The molecule has 10 nitrogen and oxygen atoms in total. The summed E-state index contributed by atoms with van der Waals surface area (Å²) < 4.78 is 33.1. The Morgan fingerprint density at radius 2 is 1.70 bits per heavy atom. The van der Waals surface area contributed by atoms with Crippen molar-refractivity contribution in [1.82, 2.24) is 9.84 Å². The summed E-state index contributed by atoms with van der Waals surface area (Å²) in [5.74, 6) is -0.912. The van der Waals surface area contributed by atoms with Crippen LogP contribution < -0.4 is 11.2 Å². The fourth-order valence-corrected chi connectivity index (χ4v) is 4.24. The Bertz CT molecular complexity index is 1150. The van der Waals surface area contributed by atoms with Crippen molar-refractivity contribution in [3.63, 3.8) is 0 Å². The smallest absolute Gasteiger partial charge is 0.337 e. The normalized spacial score (nSPS) is 13.2. The monoisotopic (exact) mass is 473 g/mol. The van der Waals surface area contributed by atoms with Crippen molar-refractivity contribution in [2.24, 2.45) is 15.9 Å². The Hall–Kier alpha value is -3.73. The van der Waals surface area contributed by atoms with Gasteiger partial charge in [-0.3, -0.25) is 0 Å². The lowest BCUT2D eigenvalue weighted by molar-refractivity contribution is -0.145. The first-order chi connectivity index (χ1) is 15.6. The van der Waals surface area contributed by atoms with Crippen LogP contribution in [0.15, 0.2) is 69.7 Å². The average Bonchev–Trinajstić information content (AvgIpc) is 2.78. The minimum absolute atomic E-state index is 0.00827. The molecule has 2 aromatic rings. The lowest BCUT2D eigenvalue weighted by Crippen LogP contribution is -2.48. The fourth-order valence-electron chi connectivity index (χ4n) is 2.80. The number of nitrogens with one attached hydrogen (secondary N) is 1. The number of ether oxygens (including phenoxy) is 1. The van der Waals surface area contributed by atoms with Crippen molar-refractivity contribution >= 4 is 33.4 Å². The van der Waals surface area contributed by atoms with E-state index in [0.29, 0.717) is 15.7 Å². The van der Waals surface area contributed by atoms with Gasteiger partial charge in [-0.25, -0.2) is 15.0 Å². The molecule has 0 aliphatic rings. The molecule has 0 saturated carbocycles. The van der Waals surface area contributed by atoms with E-state index in [1.807, 2.05) is 18.4 Å². The molecule has 0 aliphatic carbocycles. The zero-order valence-corrected chi connectivity index (χ0v) is 19.7. The fraction of sp³-hybridized carbons (Fsp3) is 0.273. The van der Waals surface area contributed by atoms with E-state index >= 15 is 0 Å². The van der Waals surface area contributed by atoms with Gasteiger partial charge < -0.3 is 10.5 Å². The molecule has 2 aromatic carbocycles. The van der Waals surface area contributed by atoms with Gasteiger partial charge in [0.1, 0.15) is 0 Å². The van der Waals surface area contributed by atoms with Crippen LogP contribution in [0.2, 0.25) is 0 Å². The summed E-state index contributed by atoms with van der Waals surface area (Å²) in [5, 5.41) is 8.07. The van der Waals surface area contributed by atoms with Gasteiger partial charge in [0.25, 0.3) is 10.0 Å². The van der Waals surface area contributed by atoms with E-state index in [1.54, 1.807) is 50.2 Å². The van der Waals surface area contributed by atoms with Gasteiger partial charge in [-0.05, 0) is 45.4 Å². The molecule has 176 valence electrons. The van der Waals surface area contributed by atoms with E-state index in [9.17, 15) is 18.0 Å². The lowest BCUT2D eigenvalue weighted by atomic mass is 10.1. The molecule has 3 N–H and O–H groups in total. The van der Waals surface area contributed by atoms with Gasteiger partial charge >= 0.3 is 12.0 Å².